The number of nitrogens with two attached hydrogens (primary N) is 1. The van der Waals surface area contributed by atoms with Gasteiger partial charge in [0, 0.05) is 25.2 Å². The first-order valence-electron chi connectivity index (χ1n) is 10.3. The minimum Gasteiger partial charge on any atom is -0.381 e. The summed E-state index contributed by atoms with van der Waals surface area (Å²) < 4.78 is 5.87. The molecule has 1 aliphatic heterocycles. The van der Waals surface area contributed by atoms with E-state index in [2.05, 4.69) is 50.0 Å². The molecule has 5 nitrogen and oxygen atoms in total. The molecule has 0 radical (unpaired) electrons. The van der Waals surface area contributed by atoms with Gasteiger partial charge in [0.15, 0.2) is 0 Å². The molecule has 0 amide bonds. The van der Waals surface area contributed by atoms with Crippen molar-refractivity contribution in [3.8, 4) is 0 Å². The van der Waals surface area contributed by atoms with E-state index in [9.17, 15) is 0 Å². The summed E-state index contributed by atoms with van der Waals surface area (Å²) in [6.45, 7) is 10.6. The number of morpholine rings is 1. The Morgan fingerprint density at radius 3 is 2.38 bits per heavy atom. The zero-order chi connectivity index (χ0) is 18.5. The number of hydrogen-bond acceptors (Lipinski definition) is 5. The first kappa shape index (κ1) is 18.1. The maximum absolute atomic E-state index is 5.99. The minimum absolute atomic E-state index is 0.251. The molecule has 1 saturated heterocycles. The molecule has 144 valence electrons. The van der Waals surface area contributed by atoms with Crippen molar-refractivity contribution in [3.05, 3.63) is 17.8 Å². The van der Waals surface area contributed by atoms with Crippen LogP contribution in [-0.2, 0) is 4.74 Å². The van der Waals surface area contributed by atoms with Crippen LogP contribution in [0.15, 0.2) is 12.1 Å². The van der Waals surface area contributed by atoms with E-state index in [0.717, 1.165) is 18.9 Å². The van der Waals surface area contributed by atoms with Crippen LogP contribution in [0.3, 0.4) is 0 Å². The van der Waals surface area contributed by atoms with Crippen LogP contribution in [0.1, 0.15) is 65.0 Å². The topological polar surface area (TPSA) is 63.4 Å². The Bertz CT molecular complexity index is 637. The number of aromatic nitrogens is 1. The van der Waals surface area contributed by atoms with Crippen LogP contribution in [0.4, 0.5) is 11.5 Å². The van der Waals surface area contributed by atoms with Gasteiger partial charge >= 0.3 is 0 Å². The summed E-state index contributed by atoms with van der Waals surface area (Å²) in [4.78, 5) is 7.41. The van der Waals surface area contributed by atoms with Gasteiger partial charge in [-0.1, -0.05) is 13.8 Å². The predicted molar refractivity (Wildman–Crippen MR) is 107 cm³/mol. The lowest BCUT2D eigenvalue weighted by atomic mass is 9.52. The normalized spacial score (nSPS) is 36.8. The summed E-state index contributed by atoms with van der Waals surface area (Å²) in [5, 5.41) is 3.77. The second kappa shape index (κ2) is 6.68. The number of rotatable bonds is 4. The monoisotopic (exact) mass is 358 g/mol. The Hall–Kier alpha value is -1.33. The third-order valence-corrected chi connectivity index (χ3v) is 6.31. The molecule has 3 N–H and O–H groups in total. The smallest absolute Gasteiger partial charge is 0.129 e. The summed E-state index contributed by atoms with van der Waals surface area (Å²) in [6.07, 6.45) is 5.46. The van der Waals surface area contributed by atoms with Crippen molar-refractivity contribution < 1.29 is 4.74 Å². The van der Waals surface area contributed by atoms with Gasteiger partial charge in [-0.25, -0.2) is 4.98 Å². The van der Waals surface area contributed by atoms with Crippen LogP contribution < -0.4 is 16.0 Å². The van der Waals surface area contributed by atoms with Gasteiger partial charge in [0.25, 0.3) is 0 Å². The molecular formula is C21H34N4O. The Morgan fingerprint density at radius 1 is 1.15 bits per heavy atom. The van der Waals surface area contributed by atoms with Crippen LogP contribution in [-0.4, -0.2) is 42.4 Å². The van der Waals surface area contributed by atoms with E-state index < -0.39 is 0 Å². The summed E-state index contributed by atoms with van der Waals surface area (Å²) >= 11 is 0. The van der Waals surface area contributed by atoms with Crippen molar-refractivity contribution in [1.82, 2.24) is 4.98 Å². The van der Waals surface area contributed by atoms with Crippen LogP contribution in [0.5, 0.6) is 0 Å². The molecule has 3 fully saturated rings. The Balaban J connectivity index is 1.46. The lowest BCUT2D eigenvalue weighted by molar-refractivity contribution is -0.00546. The second-order valence-electron chi connectivity index (χ2n) is 9.34. The van der Waals surface area contributed by atoms with Gasteiger partial charge in [0.2, 0.25) is 0 Å². The predicted octanol–water partition coefficient (Wildman–Crippen LogP) is 3.50. The third kappa shape index (κ3) is 3.44. The number of hydrogen-bond donors (Lipinski definition) is 2. The molecular weight excluding hydrogens is 324 g/mol. The summed E-state index contributed by atoms with van der Waals surface area (Å²) in [7, 11) is 0. The van der Waals surface area contributed by atoms with Gasteiger partial charge in [-0.05, 0) is 63.0 Å². The van der Waals surface area contributed by atoms with Crippen LogP contribution >= 0.6 is 0 Å². The van der Waals surface area contributed by atoms with Crippen molar-refractivity contribution >= 4 is 11.5 Å². The van der Waals surface area contributed by atoms with Crippen LogP contribution in [0.2, 0.25) is 0 Å². The molecule has 2 unspecified atom stereocenters. The van der Waals surface area contributed by atoms with E-state index in [0.29, 0.717) is 23.4 Å². The number of anilines is 2. The number of nitrogens with one attached hydrogen (secondary N) is 1. The maximum Gasteiger partial charge on any atom is 0.129 e. The van der Waals surface area contributed by atoms with E-state index in [1.807, 2.05) is 0 Å². The largest absolute Gasteiger partial charge is 0.381 e. The summed E-state index contributed by atoms with van der Waals surface area (Å²) in [5.41, 5.74) is 8.94. The lowest BCUT2D eigenvalue weighted by Crippen LogP contribution is -2.57. The highest BCUT2D eigenvalue weighted by Crippen LogP contribution is 2.56. The average Bonchev–Trinajstić information content (AvgIpc) is 2.50. The molecule has 2 aliphatic carbocycles. The van der Waals surface area contributed by atoms with Crippen molar-refractivity contribution in [2.45, 2.75) is 83.6 Å². The molecule has 5 heteroatoms. The van der Waals surface area contributed by atoms with E-state index in [1.165, 1.54) is 37.1 Å². The molecule has 3 aliphatic rings. The molecule has 0 aromatic carbocycles. The van der Waals surface area contributed by atoms with Crippen molar-refractivity contribution in [2.24, 2.45) is 11.1 Å². The van der Waals surface area contributed by atoms with Gasteiger partial charge in [-0.3, -0.25) is 0 Å². The zero-order valence-corrected chi connectivity index (χ0v) is 16.7. The van der Waals surface area contributed by atoms with Crippen LogP contribution in [0, 0.1) is 5.41 Å². The fraction of sp³-hybridized carbons (Fsp3) is 0.762. The molecule has 1 spiro atoms. The average molecular weight is 359 g/mol. The molecule has 4 rings (SSSR count). The highest BCUT2D eigenvalue weighted by atomic mass is 16.5. The Kier molecular flexibility index (Phi) is 4.64. The first-order valence-corrected chi connectivity index (χ1v) is 10.3. The molecule has 2 heterocycles. The minimum atomic E-state index is 0.251. The number of nitrogens with zero attached hydrogens (tertiary/aromatic N) is 2. The van der Waals surface area contributed by atoms with E-state index >= 15 is 0 Å². The SMILES string of the molecule is CC1CN(c2ccc(NC3CC4(CC(N)C4)C3)c(C(C)C)n2)CC(C)O1. The molecule has 0 bridgehead atoms. The molecule has 1 aromatic heterocycles. The lowest BCUT2D eigenvalue weighted by Gasteiger charge is -2.57. The van der Waals surface area contributed by atoms with E-state index in [4.69, 9.17) is 15.5 Å². The number of ether oxygens (including phenoxy) is 1. The van der Waals surface area contributed by atoms with E-state index in [1.54, 1.807) is 0 Å². The highest BCUT2D eigenvalue weighted by molar-refractivity contribution is 5.56. The van der Waals surface area contributed by atoms with Gasteiger partial charge in [-0.2, -0.15) is 0 Å². The van der Waals surface area contributed by atoms with Gasteiger partial charge in [-0.15, -0.1) is 0 Å². The van der Waals surface area contributed by atoms with Gasteiger partial charge in [0.05, 0.1) is 23.6 Å². The third-order valence-electron chi connectivity index (χ3n) is 6.31. The van der Waals surface area contributed by atoms with Gasteiger partial charge in [0.1, 0.15) is 5.82 Å². The zero-order valence-electron chi connectivity index (χ0n) is 16.7. The molecule has 26 heavy (non-hydrogen) atoms. The molecule has 2 saturated carbocycles. The maximum atomic E-state index is 5.99. The summed E-state index contributed by atoms with van der Waals surface area (Å²) in [6, 6.07) is 5.43. The van der Waals surface area contributed by atoms with E-state index in [-0.39, 0.29) is 12.2 Å². The van der Waals surface area contributed by atoms with Crippen molar-refractivity contribution in [1.29, 1.82) is 0 Å². The second-order valence-corrected chi connectivity index (χ2v) is 9.34. The fourth-order valence-electron chi connectivity index (χ4n) is 5.26. The van der Waals surface area contributed by atoms with Crippen molar-refractivity contribution in [2.75, 3.05) is 23.3 Å². The highest BCUT2D eigenvalue weighted by Gasteiger charge is 2.51. The first-order chi connectivity index (χ1) is 12.3. The van der Waals surface area contributed by atoms with Crippen LogP contribution in [0.25, 0.3) is 0 Å². The molecule has 1 aromatic rings. The molecule has 2 atom stereocenters. The Morgan fingerprint density at radius 2 is 1.81 bits per heavy atom. The quantitative estimate of drug-likeness (QED) is 0.862. The Labute approximate surface area is 157 Å². The summed E-state index contributed by atoms with van der Waals surface area (Å²) in [5.74, 6) is 1.48. The standard InChI is InChI=1S/C21H34N4O/c1-13(2)20-18(23-17-9-21(10-17)7-16(22)8-21)5-6-19(24-20)25-11-14(3)26-15(4)12-25/h5-6,13-17,23H,7-12,22H2,1-4H3. The van der Waals surface area contributed by atoms with Gasteiger partial charge < -0.3 is 20.7 Å². The number of pyridine rings is 1. The van der Waals surface area contributed by atoms with Crippen molar-refractivity contribution in [3.63, 3.8) is 0 Å². The fourth-order valence-corrected chi connectivity index (χ4v) is 5.26.